The standard InChI is InChI=1S/C17H27N3/c1-19(2)17(8-4-9-17)13-18-12-14-5-6-16-15(11-14)7-10-20(16)3/h5-6,11,18H,4,7-10,12-13H2,1-3H3. The van der Waals surface area contributed by atoms with Crippen LogP contribution in [-0.4, -0.2) is 44.7 Å². The molecule has 0 aromatic heterocycles. The maximum Gasteiger partial charge on any atom is 0.0397 e. The molecule has 1 aromatic carbocycles. The predicted molar refractivity (Wildman–Crippen MR) is 85.4 cm³/mol. The van der Waals surface area contributed by atoms with Gasteiger partial charge in [-0.2, -0.15) is 0 Å². The van der Waals surface area contributed by atoms with Gasteiger partial charge in [-0.1, -0.05) is 12.1 Å². The maximum atomic E-state index is 3.67. The first kappa shape index (κ1) is 13.9. The molecule has 3 nitrogen and oxygen atoms in total. The highest BCUT2D eigenvalue weighted by Crippen LogP contribution is 2.35. The van der Waals surface area contributed by atoms with Crippen LogP contribution in [0.3, 0.4) is 0 Å². The van der Waals surface area contributed by atoms with Crippen LogP contribution in [0.15, 0.2) is 18.2 Å². The molecule has 0 saturated heterocycles. The second-order valence-electron chi connectivity index (χ2n) is 6.71. The van der Waals surface area contributed by atoms with Crippen molar-refractivity contribution in [1.29, 1.82) is 0 Å². The Kier molecular flexibility index (Phi) is 3.74. The molecular formula is C17H27N3. The molecule has 0 amide bonds. The first-order valence-corrected chi connectivity index (χ1v) is 7.82. The van der Waals surface area contributed by atoms with Gasteiger partial charge in [0.05, 0.1) is 0 Å². The summed E-state index contributed by atoms with van der Waals surface area (Å²) >= 11 is 0. The highest BCUT2D eigenvalue weighted by Gasteiger charge is 2.38. The van der Waals surface area contributed by atoms with Crippen molar-refractivity contribution in [2.45, 2.75) is 37.8 Å². The van der Waals surface area contributed by atoms with E-state index >= 15 is 0 Å². The molecule has 20 heavy (non-hydrogen) atoms. The SMILES string of the molecule is CN1CCc2cc(CNCC3(N(C)C)CCC3)ccc21. The van der Waals surface area contributed by atoms with E-state index in [1.54, 1.807) is 0 Å². The van der Waals surface area contributed by atoms with E-state index in [0.717, 1.165) is 19.6 Å². The molecule has 3 heteroatoms. The third-order valence-corrected chi connectivity index (χ3v) is 5.29. The molecule has 110 valence electrons. The molecule has 0 atom stereocenters. The van der Waals surface area contributed by atoms with Crippen LogP contribution in [0.1, 0.15) is 30.4 Å². The van der Waals surface area contributed by atoms with Crippen molar-refractivity contribution in [2.24, 2.45) is 0 Å². The summed E-state index contributed by atoms with van der Waals surface area (Å²) in [7, 11) is 6.61. The summed E-state index contributed by atoms with van der Waals surface area (Å²) in [4.78, 5) is 4.75. The lowest BCUT2D eigenvalue weighted by Crippen LogP contribution is -2.56. The van der Waals surface area contributed by atoms with Gasteiger partial charge in [0, 0.05) is 37.9 Å². The van der Waals surface area contributed by atoms with E-state index in [1.165, 1.54) is 42.5 Å². The minimum absolute atomic E-state index is 0.414. The molecule has 1 fully saturated rings. The average Bonchev–Trinajstić information content (AvgIpc) is 2.73. The van der Waals surface area contributed by atoms with Gasteiger partial charge in [-0.15, -0.1) is 0 Å². The molecular weight excluding hydrogens is 246 g/mol. The zero-order chi connectivity index (χ0) is 14.2. The van der Waals surface area contributed by atoms with E-state index in [4.69, 9.17) is 0 Å². The van der Waals surface area contributed by atoms with Crippen molar-refractivity contribution < 1.29 is 0 Å². The minimum atomic E-state index is 0.414. The van der Waals surface area contributed by atoms with Gasteiger partial charge in [0.1, 0.15) is 0 Å². The Hall–Kier alpha value is -1.06. The third-order valence-electron chi connectivity index (χ3n) is 5.29. The lowest BCUT2D eigenvalue weighted by atomic mass is 9.75. The van der Waals surface area contributed by atoms with Gasteiger partial charge in [-0.05, 0) is 57.0 Å². The van der Waals surface area contributed by atoms with Crippen LogP contribution in [0, 0.1) is 0 Å². The zero-order valence-electron chi connectivity index (χ0n) is 13.1. The topological polar surface area (TPSA) is 18.5 Å². The Morgan fingerprint density at radius 1 is 1.30 bits per heavy atom. The van der Waals surface area contributed by atoms with Crippen LogP contribution in [0.2, 0.25) is 0 Å². The van der Waals surface area contributed by atoms with E-state index < -0.39 is 0 Å². The highest BCUT2D eigenvalue weighted by atomic mass is 15.2. The Labute approximate surface area is 123 Å². The Morgan fingerprint density at radius 2 is 2.10 bits per heavy atom. The number of nitrogens with one attached hydrogen (secondary N) is 1. The first-order chi connectivity index (χ1) is 9.61. The van der Waals surface area contributed by atoms with E-state index in [9.17, 15) is 0 Å². The predicted octanol–water partition coefficient (Wildman–Crippen LogP) is 2.25. The normalized spacial score (nSPS) is 20.1. The molecule has 1 saturated carbocycles. The molecule has 1 N–H and O–H groups in total. The van der Waals surface area contributed by atoms with Gasteiger partial charge < -0.3 is 15.1 Å². The van der Waals surface area contributed by atoms with Gasteiger partial charge in [0.25, 0.3) is 0 Å². The molecule has 0 radical (unpaired) electrons. The summed E-state index contributed by atoms with van der Waals surface area (Å²) in [5, 5.41) is 3.67. The van der Waals surface area contributed by atoms with Crippen molar-refractivity contribution in [3.8, 4) is 0 Å². The van der Waals surface area contributed by atoms with Crippen LogP contribution in [0.5, 0.6) is 0 Å². The van der Waals surface area contributed by atoms with Crippen LogP contribution in [0.25, 0.3) is 0 Å². The van der Waals surface area contributed by atoms with Crippen LogP contribution in [0.4, 0.5) is 5.69 Å². The molecule has 1 aliphatic carbocycles. The van der Waals surface area contributed by atoms with Crippen molar-refractivity contribution in [3.05, 3.63) is 29.3 Å². The van der Waals surface area contributed by atoms with Crippen LogP contribution in [-0.2, 0) is 13.0 Å². The summed E-state index contributed by atoms with van der Waals surface area (Å²) in [6.07, 6.45) is 5.25. The van der Waals surface area contributed by atoms with Gasteiger partial charge in [-0.25, -0.2) is 0 Å². The van der Waals surface area contributed by atoms with E-state index in [2.05, 4.69) is 54.5 Å². The summed E-state index contributed by atoms with van der Waals surface area (Å²) < 4.78 is 0. The fourth-order valence-electron chi connectivity index (χ4n) is 3.54. The quantitative estimate of drug-likeness (QED) is 0.888. The Balaban J connectivity index is 1.57. The first-order valence-electron chi connectivity index (χ1n) is 7.82. The van der Waals surface area contributed by atoms with E-state index in [-0.39, 0.29) is 0 Å². The monoisotopic (exact) mass is 273 g/mol. The van der Waals surface area contributed by atoms with Crippen molar-refractivity contribution >= 4 is 5.69 Å². The van der Waals surface area contributed by atoms with Crippen molar-refractivity contribution in [3.63, 3.8) is 0 Å². The number of fused-ring (bicyclic) bond motifs is 1. The lowest BCUT2D eigenvalue weighted by molar-refractivity contribution is 0.0598. The van der Waals surface area contributed by atoms with Crippen molar-refractivity contribution in [1.82, 2.24) is 10.2 Å². The molecule has 1 aromatic rings. The average molecular weight is 273 g/mol. The summed E-state index contributed by atoms with van der Waals surface area (Å²) in [5.41, 5.74) is 4.76. The molecule has 0 bridgehead atoms. The van der Waals surface area contributed by atoms with Crippen molar-refractivity contribution in [2.75, 3.05) is 39.1 Å². The van der Waals surface area contributed by atoms with Crippen LogP contribution >= 0.6 is 0 Å². The Bertz CT molecular complexity index is 477. The summed E-state index contributed by atoms with van der Waals surface area (Å²) in [6.45, 7) is 3.26. The fraction of sp³-hybridized carbons (Fsp3) is 0.647. The molecule has 2 aliphatic rings. The molecule has 3 rings (SSSR count). The number of anilines is 1. The molecule has 0 unspecified atom stereocenters. The van der Waals surface area contributed by atoms with Gasteiger partial charge >= 0.3 is 0 Å². The second kappa shape index (κ2) is 5.38. The largest absolute Gasteiger partial charge is 0.374 e. The smallest absolute Gasteiger partial charge is 0.0397 e. The molecule has 0 spiro atoms. The van der Waals surface area contributed by atoms with Crippen LogP contribution < -0.4 is 10.2 Å². The van der Waals surface area contributed by atoms with E-state index in [0.29, 0.717) is 5.54 Å². The van der Waals surface area contributed by atoms with Gasteiger partial charge in [0.15, 0.2) is 0 Å². The number of nitrogens with zero attached hydrogens (tertiary/aromatic N) is 2. The molecule has 1 heterocycles. The number of hydrogen-bond donors (Lipinski definition) is 1. The van der Waals surface area contributed by atoms with Gasteiger partial charge in [-0.3, -0.25) is 0 Å². The lowest BCUT2D eigenvalue weighted by Gasteiger charge is -2.47. The second-order valence-corrected chi connectivity index (χ2v) is 6.71. The Morgan fingerprint density at radius 3 is 2.75 bits per heavy atom. The highest BCUT2D eigenvalue weighted by molar-refractivity contribution is 5.58. The fourth-order valence-corrected chi connectivity index (χ4v) is 3.54. The number of rotatable bonds is 5. The number of hydrogen-bond acceptors (Lipinski definition) is 3. The minimum Gasteiger partial charge on any atom is -0.374 e. The molecule has 1 aliphatic heterocycles. The zero-order valence-corrected chi connectivity index (χ0v) is 13.1. The number of likely N-dealkylation sites (N-methyl/N-ethyl adjacent to an activating group) is 2. The van der Waals surface area contributed by atoms with E-state index in [1.807, 2.05) is 0 Å². The van der Waals surface area contributed by atoms with Gasteiger partial charge in [0.2, 0.25) is 0 Å². The summed E-state index contributed by atoms with van der Waals surface area (Å²) in [5.74, 6) is 0. The summed E-state index contributed by atoms with van der Waals surface area (Å²) in [6, 6.07) is 6.94. The third kappa shape index (κ3) is 2.45. The number of benzene rings is 1. The maximum absolute atomic E-state index is 3.67.